The molecule has 1 aromatic carbocycles. The number of rotatable bonds is 4. The van der Waals surface area contributed by atoms with Crippen LogP contribution in [0.3, 0.4) is 0 Å². The molecule has 6 nitrogen and oxygen atoms in total. The molecule has 1 unspecified atom stereocenters. The molecule has 0 saturated carbocycles. The summed E-state index contributed by atoms with van der Waals surface area (Å²) in [6, 6.07) is 5.33. The standard InChI is InChI=1S/C13H16F3N3O3/c14-13(15,16)22-10-3-1-2-9(6-10)19-12(17)18-7-11-8-20-4-5-21-11/h1-3,6,11H,4-5,7-8H2,(H3,17,18,19). The maximum absolute atomic E-state index is 12.1. The number of benzene rings is 1. The summed E-state index contributed by atoms with van der Waals surface area (Å²) in [6.45, 7) is 1.80. The lowest BCUT2D eigenvalue weighted by atomic mass is 10.3. The van der Waals surface area contributed by atoms with E-state index in [2.05, 4.69) is 15.0 Å². The van der Waals surface area contributed by atoms with E-state index >= 15 is 0 Å². The molecule has 1 fully saturated rings. The first-order valence-electron chi connectivity index (χ1n) is 6.54. The molecule has 1 aliphatic heterocycles. The van der Waals surface area contributed by atoms with Crippen LogP contribution in [0.5, 0.6) is 5.75 Å². The molecule has 0 aromatic heterocycles. The van der Waals surface area contributed by atoms with Gasteiger partial charge in [-0.05, 0) is 12.1 Å². The van der Waals surface area contributed by atoms with Crippen LogP contribution in [-0.4, -0.2) is 44.8 Å². The molecule has 1 heterocycles. The molecule has 9 heteroatoms. The number of halogens is 3. The first-order chi connectivity index (χ1) is 10.4. The second-order valence-electron chi connectivity index (χ2n) is 4.49. The van der Waals surface area contributed by atoms with Crippen molar-refractivity contribution in [1.82, 2.24) is 0 Å². The molecule has 1 saturated heterocycles. The summed E-state index contributed by atoms with van der Waals surface area (Å²) in [6.07, 6.45) is -4.91. The Bertz CT molecular complexity index is 517. The van der Waals surface area contributed by atoms with Crippen LogP contribution in [0.1, 0.15) is 0 Å². The second kappa shape index (κ2) is 7.32. The first-order valence-corrected chi connectivity index (χ1v) is 6.54. The number of ether oxygens (including phenoxy) is 3. The Labute approximate surface area is 125 Å². The minimum absolute atomic E-state index is 0.0679. The van der Waals surface area contributed by atoms with Gasteiger partial charge in [-0.25, -0.2) is 0 Å². The van der Waals surface area contributed by atoms with Gasteiger partial charge in [-0.15, -0.1) is 13.2 Å². The van der Waals surface area contributed by atoms with Gasteiger partial charge < -0.3 is 25.3 Å². The average Bonchev–Trinajstić information content (AvgIpc) is 2.45. The smallest absolute Gasteiger partial charge is 0.406 e. The van der Waals surface area contributed by atoms with Crippen LogP contribution < -0.4 is 15.8 Å². The highest BCUT2D eigenvalue weighted by Crippen LogP contribution is 2.24. The molecule has 0 bridgehead atoms. The predicted octanol–water partition coefficient (Wildman–Crippen LogP) is 1.73. The number of alkyl halides is 3. The molecular formula is C13H16F3N3O3. The summed E-state index contributed by atoms with van der Waals surface area (Å²) < 4.78 is 50.9. The Morgan fingerprint density at radius 1 is 1.41 bits per heavy atom. The van der Waals surface area contributed by atoms with Crippen molar-refractivity contribution < 1.29 is 27.4 Å². The van der Waals surface area contributed by atoms with Gasteiger partial charge in [-0.1, -0.05) is 6.07 Å². The maximum Gasteiger partial charge on any atom is 0.573 e. The predicted molar refractivity (Wildman–Crippen MR) is 73.8 cm³/mol. The summed E-state index contributed by atoms with van der Waals surface area (Å²) in [5.41, 5.74) is 6.02. The number of nitrogens with one attached hydrogen (secondary N) is 1. The Hall–Kier alpha value is -2.00. The molecule has 1 atom stereocenters. The summed E-state index contributed by atoms with van der Waals surface area (Å²) >= 11 is 0. The fourth-order valence-electron chi connectivity index (χ4n) is 1.80. The van der Waals surface area contributed by atoms with E-state index in [1.807, 2.05) is 0 Å². The molecule has 0 spiro atoms. The molecule has 22 heavy (non-hydrogen) atoms. The van der Waals surface area contributed by atoms with Crippen LogP contribution >= 0.6 is 0 Å². The average molecular weight is 319 g/mol. The number of aliphatic imine (C=N–C) groups is 1. The van der Waals surface area contributed by atoms with E-state index in [0.717, 1.165) is 0 Å². The minimum atomic E-state index is -4.74. The highest BCUT2D eigenvalue weighted by molar-refractivity contribution is 5.92. The zero-order valence-electron chi connectivity index (χ0n) is 11.6. The van der Waals surface area contributed by atoms with Crippen LogP contribution in [0.2, 0.25) is 0 Å². The zero-order chi connectivity index (χ0) is 16.0. The molecule has 122 valence electrons. The maximum atomic E-state index is 12.1. The number of hydrogen-bond acceptors (Lipinski definition) is 4. The Morgan fingerprint density at radius 3 is 2.91 bits per heavy atom. The van der Waals surface area contributed by atoms with E-state index in [9.17, 15) is 13.2 Å². The number of nitrogens with zero attached hydrogens (tertiary/aromatic N) is 1. The number of guanidine groups is 1. The van der Waals surface area contributed by atoms with E-state index in [1.165, 1.54) is 18.2 Å². The van der Waals surface area contributed by atoms with Crippen molar-refractivity contribution in [3.63, 3.8) is 0 Å². The lowest BCUT2D eigenvalue weighted by Gasteiger charge is -2.21. The van der Waals surface area contributed by atoms with Crippen molar-refractivity contribution in [3.8, 4) is 5.75 Å². The van der Waals surface area contributed by atoms with Crippen molar-refractivity contribution in [3.05, 3.63) is 24.3 Å². The van der Waals surface area contributed by atoms with Crippen LogP contribution in [0.15, 0.2) is 29.3 Å². The number of nitrogens with two attached hydrogens (primary N) is 1. The van der Waals surface area contributed by atoms with Gasteiger partial charge in [-0.3, -0.25) is 4.99 Å². The normalized spacial score (nSPS) is 19.8. The van der Waals surface area contributed by atoms with Crippen LogP contribution in [0.4, 0.5) is 18.9 Å². The van der Waals surface area contributed by atoms with E-state index in [-0.39, 0.29) is 17.8 Å². The molecule has 1 aromatic rings. The van der Waals surface area contributed by atoms with Gasteiger partial charge >= 0.3 is 6.36 Å². The lowest BCUT2D eigenvalue weighted by molar-refractivity contribution is -0.274. The third-order valence-corrected chi connectivity index (χ3v) is 2.69. The van der Waals surface area contributed by atoms with Gasteiger partial charge in [0.25, 0.3) is 0 Å². The summed E-state index contributed by atoms with van der Waals surface area (Å²) in [7, 11) is 0. The topological polar surface area (TPSA) is 78.1 Å². The molecular weight excluding hydrogens is 303 g/mol. The Balaban J connectivity index is 1.90. The van der Waals surface area contributed by atoms with Crippen molar-refractivity contribution in [1.29, 1.82) is 0 Å². The van der Waals surface area contributed by atoms with Gasteiger partial charge in [-0.2, -0.15) is 0 Å². The fraction of sp³-hybridized carbons (Fsp3) is 0.462. The van der Waals surface area contributed by atoms with E-state index in [1.54, 1.807) is 6.07 Å². The lowest BCUT2D eigenvalue weighted by Crippen LogP contribution is -2.32. The fourth-order valence-corrected chi connectivity index (χ4v) is 1.80. The molecule has 3 N–H and O–H groups in total. The monoisotopic (exact) mass is 319 g/mol. The number of anilines is 1. The first kappa shape index (κ1) is 16.4. The molecule has 2 rings (SSSR count). The third-order valence-electron chi connectivity index (χ3n) is 2.69. The highest BCUT2D eigenvalue weighted by Gasteiger charge is 2.31. The molecule has 1 aliphatic rings. The Morgan fingerprint density at radius 2 is 2.23 bits per heavy atom. The van der Waals surface area contributed by atoms with Gasteiger partial charge in [0, 0.05) is 11.8 Å². The van der Waals surface area contributed by atoms with Crippen molar-refractivity contribution in [2.75, 3.05) is 31.7 Å². The molecule has 0 aliphatic carbocycles. The van der Waals surface area contributed by atoms with E-state index in [4.69, 9.17) is 15.2 Å². The van der Waals surface area contributed by atoms with Crippen molar-refractivity contribution in [2.45, 2.75) is 12.5 Å². The van der Waals surface area contributed by atoms with Gasteiger partial charge in [0.2, 0.25) is 0 Å². The summed E-state index contributed by atoms with van der Waals surface area (Å²) in [5.74, 6) is -0.271. The summed E-state index contributed by atoms with van der Waals surface area (Å²) in [4.78, 5) is 4.06. The largest absolute Gasteiger partial charge is 0.573 e. The quantitative estimate of drug-likeness (QED) is 0.653. The Kier molecular flexibility index (Phi) is 5.45. The van der Waals surface area contributed by atoms with Crippen LogP contribution in [-0.2, 0) is 9.47 Å². The van der Waals surface area contributed by atoms with Gasteiger partial charge in [0.15, 0.2) is 5.96 Å². The van der Waals surface area contributed by atoms with Crippen LogP contribution in [0.25, 0.3) is 0 Å². The van der Waals surface area contributed by atoms with E-state index < -0.39 is 6.36 Å². The summed E-state index contributed by atoms with van der Waals surface area (Å²) in [5, 5.41) is 2.69. The number of hydrogen-bond donors (Lipinski definition) is 2. The molecule has 0 amide bonds. The van der Waals surface area contributed by atoms with Crippen molar-refractivity contribution in [2.24, 2.45) is 10.7 Å². The minimum Gasteiger partial charge on any atom is -0.406 e. The van der Waals surface area contributed by atoms with Gasteiger partial charge in [0.1, 0.15) is 11.9 Å². The highest BCUT2D eigenvalue weighted by atomic mass is 19.4. The van der Waals surface area contributed by atoms with E-state index in [0.29, 0.717) is 32.1 Å². The SMILES string of the molecule is NC(=NCC1COCCO1)Nc1cccc(OC(F)(F)F)c1. The van der Waals surface area contributed by atoms with Crippen molar-refractivity contribution >= 4 is 11.6 Å². The molecule has 0 radical (unpaired) electrons. The zero-order valence-corrected chi connectivity index (χ0v) is 11.6. The van der Waals surface area contributed by atoms with Gasteiger partial charge in [0.05, 0.1) is 26.4 Å². The second-order valence-corrected chi connectivity index (χ2v) is 4.49. The third kappa shape index (κ3) is 5.78. The van der Waals surface area contributed by atoms with Crippen LogP contribution in [0, 0.1) is 0 Å².